The van der Waals surface area contributed by atoms with Crippen LogP contribution in [0, 0.1) is 5.92 Å². The first-order chi connectivity index (χ1) is 9.56. The lowest BCUT2D eigenvalue weighted by molar-refractivity contribution is 0.596. The lowest BCUT2D eigenvalue weighted by Crippen LogP contribution is -2.22. The van der Waals surface area contributed by atoms with E-state index in [1.807, 2.05) is 0 Å². The average Bonchev–Trinajstić information content (AvgIpc) is 2.85. The smallest absolute Gasteiger partial charge is 0.262 e. The molecular formula is C14H14Cl2N2OS. The third-order valence-electron chi connectivity index (χ3n) is 4.31. The number of halogens is 2. The highest BCUT2D eigenvalue weighted by molar-refractivity contribution is 7.18. The van der Waals surface area contributed by atoms with Gasteiger partial charge in [0.05, 0.1) is 11.7 Å². The summed E-state index contributed by atoms with van der Waals surface area (Å²) in [7, 11) is 0. The first-order valence-corrected chi connectivity index (χ1v) is 8.51. The van der Waals surface area contributed by atoms with Crippen molar-refractivity contribution >= 4 is 44.8 Å². The summed E-state index contributed by atoms with van der Waals surface area (Å²) in [6.45, 7) is 0.569. The van der Waals surface area contributed by atoms with Gasteiger partial charge in [-0.25, -0.2) is 4.98 Å². The third kappa shape index (κ3) is 2.00. The van der Waals surface area contributed by atoms with E-state index in [1.165, 1.54) is 23.3 Å². The van der Waals surface area contributed by atoms with E-state index >= 15 is 0 Å². The van der Waals surface area contributed by atoms with Crippen molar-refractivity contribution in [3.63, 3.8) is 0 Å². The van der Waals surface area contributed by atoms with Gasteiger partial charge in [0, 0.05) is 17.3 Å². The molecule has 2 aromatic heterocycles. The van der Waals surface area contributed by atoms with Gasteiger partial charge < -0.3 is 0 Å². The highest BCUT2D eigenvalue weighted by Gasteiger charge is 2.51. The zero-order valence-electron chi connectivity index (χ0n) is 10.9. The minimum atomic E-state index is -0.650. The summed E-state index contributed by atoms with van der Waals surface area (Å²) < 4.78 is 1.03. The Morgan fingerprint density at radius 3 is 2.90 bits per heavy atom. The minimum absolute atomic E-state index is 0.0745. The average molecular weight is 329 g/mol. The summed E-state index contributed by atoms with van der Waals surface area (Å²) in [5, 5.41) is 0.836. The van der Waals surface area contributed by atoms with Crippen LogP contribution in [0.25, 0.3) is 10.2 Å². The van der Waals surface area contributed by atoms with Crippen LogP contribution in [0.4, 0.5) is 0 Å². The van der Waals surface area contributed by atoms with Crippen LogP contribution in [0.2, 0.25) is 0 Å². The third-order valence-corrected chi connectivity index (χ3v) is 6.44. The molecule has 2 aliphatic rings. The van der Waals surface area contributed by atoms with Crippen LogP contribution in [0.15, 0.2) is 11.1 Å². The van der Waals surface area contributed by atoms with E-state index < -0.39 is 4.33 Å². The fourth-order valence-corrected chi connectivity index (χ4v) is 4.75. The van der Waals surface area contributed by atoms with Crippen molar-refractivity contribution in [1.29, 1.82) is 0 Å². The van der Waals surface area contributed by atoms with Crippen LogP contribution in [-0.2, 0) is 19.4 Å². The molecule has 2 heterocycles. The number of fused-ring (bicyclic) bond motifs is 3. The number of aromatic nitrogens is 2. The molecule has 4 rings (SSSR count). The summed E-state index contributed by atoms with van der Waals surface area (Å²) in [6, 6.07) is 0. The van der Waals surface area contributed by atoms with Crippen molar-refractivity contribution in [3.8, 4) is 0 Å². The van der Waals surface area contributed by atoms with E-state index in [4.69, 9.17) is 23.2 Å². The largest absolute Gasteiger partial charge is 0.298 e. The van der Waals surface area contributed by atoms with Crippen LogP contribution in [0.1, 0.15) is 29.7 Å². The molecule has 3 nitrogen and oxygen atoms in total. The first-order valence-electron chi connectivity index (χ1n) is 6.94. The summed E-state index contributed by atoms with van der Waals surface area (Å²) in [5.41, 5.74) is 1.31. The van der Waals surface area contributed by atoms with Crippen molar-refractivity contribution in [1.82, 2.24) is 9.55 Å². The Morgan fingerprint density at radius 1 is 1.40 bits per heavy atom. The van der Waals surface area contributed by atoms with E-state index in [1.54, 1.807) is 22.2 Å². The summed E-state index contributed by atoms with van der Waals surface area (Å²) >= 11 is 13.8. The van der Waals surface area contributed by atoms with Gasteiger partial charge in [0.15, 0.2) is 0 Å². The highest BCUT2D eigenvalue weighted by atomic mass is 35.5. The standard InChI is InChI=1S/C14H14Cl2N2OS/c15-14(16)5-8(14)6-18-7-17-12-11(13(18)19)9-3-1-2-4-10(9)20-12/h7-8H,1-6H2/t8-/m0/s1. The number of hydrogen-bond acceptors (Lipinski definition) is 3. The molecule has 0 unspecified atom stereocenters. The Bertz CT molecular complexity index is 749. The first kappa shape index (κ1) is 13.1. The van der Waals surface area contributed by atoms with Gasteiger partial charge in [-0.3, -0.25) is 9.36 Å². The molecule has 2 aliphatic carbocycles. The van der Waals surface area contributed by atoms with Gasteiger partial charge in [-0.15, -0.1) is 34.5 Å². The van der Waals surface area contributed by atoms with Crippen LogP contribution in [-0.4, -0.2) is 13.9 Å². The Hall–Kier alpha value is -0.580. The molecule has 0 N–H and O–H groups in total. The van der Waals surface area contributed by atoms with Crippen molar-refractivity contribution in [2.24, 2.45) is 5.92 Å². The molecule has 1 atom stereocenters. The molecule has 20 heavy (non-hydrogen) atoms. The molecule has 0 amide bonds. The maximum atomic E-state index is 12.7. The molecule has 0 bridgehead atoms. The fourth-order valence-electron chi connectivity index (χ4n) is 3.02. The van der Waals surface area contributed by atoms with Crippen LogP contribution in [0.3, 0.4) is 0 Å². The molecule has 0 aliphatic heterocycles. The van der Waals surface area contributed by atoms with E-state index in [9.17, 15) is 4.79 Å². The lowest BCUT2D eigenvalue weighted by Gasteiger charge is -2.10. The van der Waals surface area contributed by atoms with Crippen LogP contribution < -0.4 is 5.56 Å². The summed E-state index contributed by atoms with van der Waals surface area (Å²) in [6.07, 6.45) is 6.88. The molecule has 1 saturated carbocycles. The van der Waals surface area contributed by atoms with Gasteiger partial charge in [-0.05, 0) is 37.7 Å². The normalized spacial score (nSPS) is 23.8. The number of thiophene rings is 1. The second-order valence-corrected chi connectivity index (χ2v) is 8.38. The van der Waals surface area contributed by atoms with E-state index in [2.05, 4.69) is 4.98 Å². The Kier molecular flexibility index (Phi) is 2.92. The van der Waals surface area contributed by atoms with Crippen molar-refractivity contribution < 1.29 is 0 Å². The maximum absolute atomic E-state index is 12.7. The number of hydrogen-bond donors (Lipinski definition) is 0. The van der Waals surface area contributed by atoms with Gasteiger partial charge in [0.1, 0.15) is 9.16 Å². The predicted octanol–water partition coefficient (Wildman–Crippen LogP) is 3.53. The molecule has 0 aromatic carbocycles. The number of nitrogens with zero attached hydrogens (tertiary/aromatic N) is 2. The Balaban J connectivity index is 1.80. The number of aryl methyl sites for hydroxylation is 2. The van der Waals surface area contributed by atoms with Crippen LogP contribution in [0.5, 0.6) is 0 Å². The van der Waals surface area contributed by atoms with Gasteiger partial charge in [0.25, 0.3) is 5.56 Å². The number of rotatable bonds is 2. The molecule has 0 spiro atoms. The molecule has 0 saturated heterocycles. The summed E-state index contributed by atoms with van der Waals surface area (Å²) in [5.74, 6) is 0.164. The molecule has 2 aromatic rings. The minimum Gasteiger partial charge on any atom is -0.298 e. The van der Waals surface area contributed by atoms with Gasteiger partial charge in [-0.2, -0.15) is 0 Å². The molecular weight excluding hydrogens is 315 g/mol. The zero-order valence-corrected chi connectivity index (χ0v) is 13.2. The van der Waals surface area contributed by atoms with E-state index in [-0.39, 0.29) is 11.5 Å². The van der Waals surface area contributed by atoms with Gasteiger partial charge in [0.2, 0.25) is 0 Å². The highest BCUT2D eigenvalue weighted by Crippen LogP contribution is 2.53. The maximum Gasteiger partial charge on any atom is 0.262 e. The summed E-state index contributed by atoms with van der Waals surface area (Å²) in [4.78, 5) is 19.4. The second kappa shape index (κ2) is 4.46. The fraction of sp³-hybridized carbons (Fsp3) is 0.571. The monoisotopic (exact) mass is 328 g/mol. The second-order valence-electron chi connectivity index (χ2n) is 5.76. The van der Waals surface area contributed by atoms with Crippen molar-refractivity contribution in [2.45, 2.75) is 43.0 Å². The van der Waals surface area contributed by atoms with Crippen molar-refractivity contribution in [2.75, 3.05) is 0 Å². The predicted molar refractivity (Wildman–Crippen MR) is 83.1 cm³/mol. The topological polar surface area (TPSA) is 34.9 Å². The quantitative estimate of drug-likeness (QED) is 0.790. The molecule has 6 heteroatoms. The SMILES string of the molecule is O=c1c2c3c(sc2ncn1C[C@@H]1CC1(Cl)Cl)CCCC3. The molecule has 106 valence electrons. The number of alkyl halides is 2. The molecule has 1 fully saturated rings. The molecule has 0 radical (unpaired) electrons. The van der Waals surface area contributed by atoms with Gasteiger partial charge >= 0.3 is 0 Å². The van der Waals surface area contributed by atoms with Crippen molar-refractivity contribution in [3.05, 3.63) is 27.1 Å². The lowest BCUT2D eigenvalue weighted by atomic mass is 9.97. The van der Waals surface area contributed by atoms with E-state index in [0.717, 1.165) is 29.5 Å². The Labute approximate surface area is 130 Å². The van der Waals surface area contributed by atoms with E-state index in [0.29, 0.717) is 6.54 Å². The zero-order chi connectivity index (χ0) is 13.9. The van der Waals surface area contributed by atoms with Crippen LogP contribution >= 0.6 is 34.5 Å². The Morgan fingerprint density at radius 2 is 2.15 bits per heavy atom. The van der Waals surface area contributed by atoms with Gasteiger partial charge in [-0.1, -0.05) is 0 Å².